The van der Waals surface area contributed by atoms with Crippen LogP contribution in [0.2, 0.25) is 0 Å². The molecule has 27 heavy (non-hydrogen) atoms. The molecule has 0 heterocycles. The van der Waals surface area contributed by atoms with E-state index in [1.54, 1.807) is 24.3 Å². The number of carbonyl (C=O) groups is 1. The Bertz CT molecular complexity index is 1070. The molecule has 1 amide bonds. The van der Waals surface area contributed by atoms with Crippen LogP contribution in [0.15, 0.2) is 82.2 Å². The third-order valence-electron chi connectivity index (χ3n) is 3.61. The lowest BCUT2D eigenvalue weighted by Gasteiger charge is -2.11. The van der Waals surface area contributed by atoms with Crippen LogP contribution in [0.5, 0.6) is 0 Å². The number of para-hydroxylation sites is 1. The molecule has 0 radical (unpaired) electrons. The summed E-state index contributed by atoms with van der Waals surface area (Å²) < 4.78 is 41.0. The molecule has 0 aliphatic rings. The number of benzene rings is 3. The van der Waals surface area contributed by atoms with Crippen molar-refractivity contribution in [2.75, 3.05) is 10.0 Å². The number of hydrogen-bond acceptors (Lipinski definition) is 3. The maximum Gasteiger partial charge on any atom is 0.263 e. The van der Waals surface area contributed by atoms with E-state index in [0.717, 1.165) is 12.1 Å². The van der Waals surface area contributed by atoms with Gasteiger partial charge in [-0.15, -0.1) is 0 Å². The highest BCUT2D eigenvalue weighted by atomic mass is 79.9. The minimum atomic E-state index is -3.99. The third-order valence-corrected chi connectivity index (χ3v) is 5.99. The van der Waals surface area contributed by atoms with E-state index < -0.39 is 21.7 Å². The number of carbonyl (C=O) groups excluding carboxylic acids is 1. The van der Waals surface area contributed by atoms with Crippen LogP contribution in [-0.2, 0) is 10.0 Å². The van der Waals surface area contributed by atoms with Crippen molar-refractivity contribution >= 4 is 43.2 Å². The first-order chi connectivity index (χ1) is 12.8. The molecule has 0 fully saturated rings. The van der Waals surface area contributed by atoms with Crippen LogP contribution in [0.3, 0.4) is 0 Å². The second-order valence-electron chi connectivity index (χ2n) is 5.58. The minimum Gasteiger partial charge on any atom is -0.322 e. The lowest BCUT2D eigenvalue weighted by molar-refractivity contribution is 0.102. The van der Waals surface area contributed by atoms with Gasteiger partial charge in [0.15, 0.2) is 0 Å². The standard InChI is InChI=1S/C19H14BrFN2O3S/c20-17-11-6-13(19(24)22-15-4-2-1-3-5-15)12-18(17)27(25,26)23-16-9-7-14(21)8-10-16/h1-12,23H,(H,22,24). The molecule has 0 unspecified atom stereocenters. The van der Waals surface area contributed by atoms with E-state index in [1.807, 2.05) is 6.07 Å². The summed E-state index contributed by atoms with van der Waals surface area (Å²) in [5.41, 5.74) is 0.989. The summed E-state index contributed by atoms with van der Waals surface area (Å²) in [4.78, 5) is 12.3. The number of hydrogen-bond donors (Lipinski definition) is 2. The van der Waals surface area contributed by atoms with E-state index in [-0.39, 0.29) is 16.1 Å². The fourth-order valence-corrected chi connectivity index (χ4v) is 4.35. The second-order valence-corrected chi connectivity index (χ2v) is 8.08. The zero-order valence-electron chi connectivity index (χ0n) is 13.8. The van der Waals surface area contributed by atoms with E-state index in [4.69, 9.17) is 0 Å². The summed E-state index contributed by atoms with van der Waals surface area (Å²) in [5.74, 6) is -0.911. The Kier molecular flexibility index (Phi) is 5.57. The van der Waals surface area contributed by atoms with Gasteiger partial charge < -0.3 is 5.32 Å². The summed E-state index contributed by atoms with van der Waals surface area (Å²) in [7, 11) is -3.99. The lowest BCUT2D eigenvalue weighted by Crippen LogP contribution is -2.16. The van der Waals surface area contributed by atoms with Crippen LogP contribution in [0.1, 0.15) is 10.4 Å². The maximum atomic E-state index is 13.0. The molecule has 0 aliphatic carbocycles. The molecule has 0 aliphatic heterocycles. The fourth-order valence-electron chi connectivity index (χ4n) is 2.30. The molecule has 3 rings (SSSR count). The summed E-state index contributed by atoms with van der Waals surface area (Å²) in [5, 5.41) is 2.70. The van der Waals surface area contributed by atoms with E-state index in [1.165, 1.54) is 30.3 Å². The number of anilines is 2. The van der Waals surface area contributed by atoms with Crippen molar-refractivity contribution in [3.63, 3.8) is 0 Å². The molecular formula is C19H14BrFN2O3S. The first-order valence-electron chi connectivity index (χ1n) is 7.79. The van der Waals surface area contributed by atoms with Gasteiger partial charge in [0.2, 0.25) is 0 Å². The van der Waals surface area contributed by atoms with Crippen molar-refractivity contribution in [3.05, 3.63) is 88.6 Å². The smallest absolute Gasteiger partial charge is 0.263 e. The average molecular weight is 449 g/mol. The van der Waals surface area contributed by atoms with Crippen LogP contribution < -0.4 is 10.0 Å². The molecule has 0 bridgehead atoms. The summed E-state index contributed by atoms with van der Waals surface area (Å²) in [6.45, 7) is 0. The van der Waals surface area contributed by atoms with E-state index in [0.29, 0.717) is 10.2 Å². The molecule has 3 aromatic carbocycles. The van der Waals surface area contributed by atoms with Gasteiger partial charge in [0, 0.05) is 21.4 Å². The average Bonchev–Trinajstić information content (AvgIpc) is 2.64. The largest absolute Gasteiger partial charge is 0.322 e. The van der Waals surface area contributed by atoms with Crippen LogP contribution in [-0.4, -0.2) is 14.3 Å². The molecule has 2 N–H and O–H groups in total. The monoisotopic (exact) mass is 448 g/mol. The van der Waals surface area contributed by atoms with Gasteiger partial charge in [-0.1, -0.05) is 18.2 Å². The predicted octanol–water partition coefficient (Wildman–Crippen LogP) is 4.64. The van der Waals surface area contributed by atoms with Crippen LogP contribution in [0.25, 0.3) is 0 Å². The van der Waals surface area contributed by atoms with Crippen molar-refractivity contribution in [1.82, 2.24) is 0 Å². The van der Waals surface area contributed by atoms with Crippen molar-refractivity contribution < 1.29 is 17.6 Å². The Morgan fingerprint density at radius 3 is 2.22 bits per heavy atom. The zero-order chi connectivity index (χ0) is 19.4. The lowest BCUT2D eigenvalue weighted by atomic mass is 10.2. The highest BCUT2D eigenvalue weighted by molar-refractivity contribution is 9.10. The van der Waals surface area contributed by atoms with E-state index in [9.17, 15) is 17.6 Å². The Hall–Kier alpha value is -2.71. The molecule has 3 aromatic rings. The molecule has 5 nitrogen and oxygen atoms in total. The highest BCUT2D eigenvalue weighted by Crippen LogP contribution is 2.26. The molecule has 0 saturated heterocycles. The zero-order valence-corrected chi connectivity index (χ0v) is 16.2. The topological polar surface area (TPSA) is 75.3 Å². The van der Waals surface area contributed by atoms with Crippen LogP contribution >= 0.6 is 15.9 Å². The first kappa shape index (κ1) is 19.1. The molecule has 0 aromatic heterocycles. The van der Waals surface area contributed by atoms with Crippen LogP contribution in [0, 0.1) is 5.82 Å². The SMILES string of the molecule is O=C(Nc1ccccc1)c1ccc(Br)c(S(=O)(=O)Nc2ccc(F)cc2)c1. The van der Waals surface area contributed by atoms with Gasteiger partial charge in [-0.25, -0.2) is 12.8 Å². The Morgan fingerprint density at radius 2 is 1.56 bits per heavy atom. The van der Waals surface area contributed by atoms with Crippen LogP contribution in [0.4, 0.5) is 15.8 Å². The van der Waals surface area contributed by atoms with Crippen molar-refractivity contribution in [1.29, 1.82) is 0 Å². The normalized spacial score (nSPS) is 11.0. The molecule has 138 valence electrons. The molecular weight excluding hydrogens is 435 g/mol. The van der Waals surface area contributed by atoms with Gasteiger partial charge in [-0.05, 0) is 70.5 Å². The minimum absolute atomic E-state index is 0.104. The third kappa shape index (κ3) is 4.72. The van der Waals surface area contributed by atoms with E-state index in [2.05, 4.69) is 26.0 Å². The number of sulfonamides is 1. The van der Waals surface area contributed by atoms with Gasteiger partial charge in [-0.2, -0.15) is 0 Å². The van der Waals surface area contributed by atoms with Gasteiger partial charge in [-0.3, -0.25) is 9.52 Å². The van der Waals surface area contributed by atoms with E-state index >= 15 is 0 Å². The van der Waals surface area contributed by atoms with Gasteiger partial charge in [0.05, 0.1) is 0 Å². The Morgan fingerprint density at radius 1 is 0.889 bits per heavy atom. The molecule has 0 saturated carbocycles. The summed E-state index contributed by atoms with van der Waals surface area (Å²) >= 11 is 3.20. The van der Waals surface area contributed by atoms with Crippen molar-refractivity contribution in [3.8, 4) is 0 Å². The quantitative estimate of drug-likeness (QED) is 0.596. The van der Waals surface area contributed by atoms with Crippen molar-refractivity contribution in [2.45, 2.75) is 4.90 Å². The van der Waals surface area contributed by atoms with Gasteiger partial charge in [0.25, 0.3) is 15.9 Å². The molecule has 0 atom stereocenters. The number of rotatable bonds is 5. The number of nitrogens with one attached hydrogen (secondary N) is 2. The highest BCUT2D eigenvalue weighted by Gasteiger charge is 2.20. The number of halogens is 2. The van der Waals surface area contributed by atoms with Gasteiger partial charge in [0.1, 0.15) is 10.7 Å². The number of amides is 1. The maximum absolute atomic E-state index is 13.0. The summed E-state index contributed by atoms with van der Waals surface area (Å²) in [6, 6.07) is 18.0. The van der Waals surface area contributed by atoms with Gasteiger partial charge >= 0.3 is 0 Å². The first-order valence-corrected chi connectivity index (χ1v) is 10.1. The molecule has 8 heteroatoms. The summed E-state index contributed by atoms with van der Waals surface area (Å²) in [6.07, 6.45) is 0. The Labute approximate surface area is 164 Å². The Balaban J connectivity index is 1.88. The molecule has 0 spiro atoms. The predicted molar refractivity (Wildman–Crippen MR) is 106 cm³/mol. The second kappa shape index (κ2) is 7.89. The van der Waals surface area contributed by atoms with Crippen molar-refractivity contribution in [2.24, 2.45) is 0 Å². The fraction of sp³-hybridized carbons (Fsp3) is 0.